The van der Waals surface area contributed by atoms with Crippen molar-refractivity contribution >= 4 is 0 Å². The molecule has 4 atom stereocenters. The molecule has 1 aliphatic carbocycles. The highest BCUT2D eigenvalue weighted by Crippen LogP contribution is 2.33. The van der Waals surface area contributed by atoms with Gasteiger partial charge in [0, 0.05) is 26.1 Å². The third-order valence-corrected chi connectivity index (χ3v) is 2.97. The molecule has 4 heteroatoms. The maximum absolute atomic E-state index is 9.88. The average Bonchev–Trinajstić information content (AvgIpc) is 2.27. The molecule has 2 rings (SSSR count). The molecular formula is C10H18O4. The van der Waals surface area contributed by atoms with Gasteiger partial charge in [0.2, 0.25) is 0 Å². The molecule has 2 N–H and O–H groups in total. The molecule has 1 saturated carbocycles. The molecule has 0 spiro atoms. The normalized spacial score (nSPS) is 49.5. The van der Waals surface area contributed by atoms with Gasteiger partial charge in [0.25, 0.3) is 0 Å². The van der Waals surface area contributed by atoms with E-state index in [2.05, 4.69) is 0 Å². The second-order valence-corrected chi connectivity index (χ2v) is 4.57. The summed E-state index contributed by atoms with van der Waals surface area (Å²) in [5, 5.41) is 19.7. The summed E-state index contributed by atoms with van der Waals surface area (Å²) in [5.74, 6) is 0. The first-order chi connectivity index (χ1) is 6.58. The molecule has 0 bridgehead atoms. The fourth-order valence-electron chi connectivity index (χ4n) is 2.33. The molecule has 0 unspecified atom stereocenters. The van der Waals surface area contributed by atoms with Gasteiger partial charge < -0.3 is 19.7 Å². The number of hydrogen-bond donors (Lipinski definition) is 2. The maximum atomic E-state index is 9.88. The molecule has 2 aliphatic rings. The lowest BCUT2D eigenvalue weighted by Crippen LogP contribution is -2.52. The van der Waals surface area contributed by atoms with Crippen LogP contribution >= 0.6 is 0 Å². The summed E-state index contributed by atoms with van der Waals surface area (Å²) >= 11 is 0. The van der Waals surface area contributed by atoms with Gasteiger partial charge >= 0.3 is 0 Å². The van der Waals surface area contributed by atoms with E-state index >= 15 is 0 Å². The molecule has 1 saturated heterocycles. The van der Waals surface area contributed by atoms with Gasteiger partial charge in [-0.05, 0) is 13.3 Å². The summed E-state index contributed by atoms with van der Waals surface area (Å²) in [7, 11) is 0. The van der Waals surface area contributed by atoms with E-state index in [1.807, 2.05) is 0 Å². The molecule has 1 aliphatic heterocycles. The Labute approximate surface area is 83.8 Å². The van der Waals surface area contributed by atoms with Crippen LogP contribution in [-0.4, -0.2) is 47.3 Å². The van der Waals surface area contributed by atoms with Crippen molar-refractivity contribution in [3.05, 3.63) is 0 Å². The van der Waals surface area contributed by atoms with Crippen LogP contribution in [0.15, 0.2) is 0 Å². The summed E-state index contributed by atoms with van der Waals surface area (Å²) in [4.78, 5) is 0. The molecule has 4 nitrogen and oxygen atoms in total. The van der Waals surface area contributed by atoms with Crippen molar-refractivity contribution in [1.29, 1.82) is 0 Å². The van der Waals surface area contributed by atoms with E-state index in [4.69, 9.17) is 9.47 Å². The Bertz CT molecular complexity index is 204. The van der Waals surface area contributed by atoms with Gasteiger partial charge in [-0.1, -0.05) is 0 Å². The van der Waals surface area contributed by atoms with Crippen molar-refractivity contribution in [3.63, 3.8) is 0 Å². The molecule has 0 aromatic rings. The van der Waals surface area contributed by atoms with E-state index in [0.717, 1.165) is 6.42 Å². The summed E-state index contributed by atoms with van der Waals surface area (Å²) in [5.41, 5.74) is -0.825. The van der Waals surface area contributed by atoms with E-state index in [1.54, 1.807) is 6.92 Å². The smallest absolute Gasteiger partial charge is 0.110 e. The molecule has 0 aromatic heterocycles. The van der Waals surface area contributed by atoms with Crippen LogP contribution in [-0.2, 0) is 9.47 Å². The Kier molecular flexibility index (Phi) is 2.79. The predicted octanol–water partition coefficient (Wildman–Crippen LogP) is 0.0662. The van der Waals surface area contributed by atoms with Crippen LogP contribution in [0.2, 0.25) is 0 Å². The van der Waals surface area contributed by atoms with E-state index in [0.29, 0.717) is 26.1 Å². The predicted molar refractivity (Wildman–Crippen MR) is 50.0 cm³/mol. The second kappa shape index (κ2) is 3.77. The van der Waals surface area contributed by atoms with Crippen LogP contribution in [0, 0.1) is 0 Å². The SMILES string of the molecule is C[C@@]1(O)C[C@@H](O)[C@@H]2OCCCO[C@@H]2C1. The number of aliphatic hydroxyl groups is 2. The third kappa shape index (κ3) is 2.08. The fourth-order valence-corrected chi connectivity index (χ4v) is 2.33. The summed E-state index contributed by atoms with van der Waals surface area (Å²) in [6.07, 6.45) is 0.768. The van der Waals surface area contributed by atoms with Crippen molar-refractivity contribution < 1.29 is 19.7 Å². The summed E-state index contributed by atoms with van der Waals surface area (Å²) in [6, 6.07) is 0. The largest absolute Gasteiger partial charge is 0.390 e. The molecule has 0 radical (unpaired) electrons. The average molecular weight is 202 g/mol. The number of ether oxygens (including phenoxy) is 2. The molecule has 82 valence electrons. The van der Waals surface area contributed by atoms with Crippen molar-refractivity contribution in [2.45, 2.75) is 50.1 Å². The minimum atomic E-state index is -0.825. The van der Waals surface area contributed by atoms with Crippen molar-refractivity contribution in [3.8, 4) is 0 Å². The first kappa shape index (κ1) is 10.4. The van der Waals surface area contributed by atoms with Crippen molar-refractivity contribution in [1.82, 2.24) is 0 Å². The zero-order chi connectivity index (χ0) is 10.2. The molecule has 14 heavy (non-hydrogen) atoms. The van der Waals surface area contributed by atoms with Crippen LogP contribution in [0.3, 0.4) is 0 Å². The zero-order valence-electron chi connectivity index (χ0n) is 8.48. The maximum Gasteiger partial charge on any atom is 0.110 e. The monoisotopic (exact) mass is 202 g/mol. The Morgan fingerprint density at radius 2 is 1.93 bits per heavy atom. The van der Waals surface area contributed by atoms with E-state index < -0.39 is 11.7 Å². The Morgan fingerprint density at radius 1 is 1.21 bits per heavy atom. The highest BCUT2D eigenvalue weighted by atomic mass is 16.6. The van der Waals surface area contributed by atoms with E-state index in [-0.39, 0.29) is 12.2 Å². The van der Waals surface area contributed by atoms with Gasteiger partial charge in [0.15, 0.2) is 0 Å². The topological polar surface area (TPSA) is 58.9 Å². The molecule has 0 amide bonds. The fraction of sp³-hybridized carbons (Fsp3) is 1.00. The highest BCUT2D eigenvalue weighted by molar-refractivity contribution is 4.95. The second-order valence-electron chi connectivity index (χ2n) is 4.57. The summed E-state index contributed by atoms with van der Waals surface area (Å²) < 4.78 is 11.1. The summed E-state index contributed by atoms with van der Waals surface area (Å²) in [6.45, 7) is 3.03. The lowest BCUT2D eigenvalue weighted by molar-refractivity contribution is -0.168. The van der Waals surface area contributed by atoms with Crippen molar-refractivity contribution in [2.24, 2.45) is 0 Å². The first-order valence-electron chi connectivity index (χ1n) is 5.22. The van der Waals surface area contributed by atoms with Crippen LogP contribution in [0.5, 0.6) is 0 Å². The number of fused-ring (bicyclic) bond motifs is 1. The van der Waals surface area contributed by atoms with Gasteiger partial charge in [0.05, 0.1) is 17.8 Å². The molecule has 1 heterocycles. The minimum Gasteiger partial charge on any atom is -0.390 e. The van der Waals surface area contributed by atoms with Crippen LogP contribution in [0.4, 0.5) is 0 Å². The van der Waals surface area contributed by atoms with Gasteiger partial charge in [-0.3, -0.25) is 0 Å². The van der Waals surface area contributed by atoms with E-state index in [1.165, 1.54) is 0 Å². The third-order valence-electron chi connectivity index (χ3n) is 2.97. The van der Waals surface area contributed by atoms with Gasteiger partial charge in [-0.2, -0.15) is 0 Å². The molecular weight excluding hydrogens is 184 g/mol. The van der Waals surface area contributed by atoms with Crippen molar-refractivity contribution in [2.75, 3.05) is 13.2 Å². The molecule has 2 fully saturated rings. The Hall–Kier alpha value is -0.160. The first-order valence-corrected chi connectivity index (χ1v) is 5.22. The molecule has 0 aromatic carbocycles. The number of aliphatic hydroxyl groups excluding tert-OH is 1. The van der Waals surface area contributed by atoms with Gasteiger partial charge in [-0.25, -0.2) is 0 Å². The van der Waals surface area contributed by atoms with Crippen LogP contribution in [0.25, 0.3) is 0 Å². The zero-order valence-corrected chi connectivity index (χ0v) is 8.48. The number of hydrogen-bond acceptors (Lipinski definition) is 4. The Morgan fingerprint density at radius 3 is 2.71 bits per heavy atom. The standard InChI is InChI=1S/C10H18O4/c1-10(12)5-7(11)9-8(6-10)13-3-2-4-14-9/h7-9,11-12H,2-6H2,1H3/t7-,8-,9+,10-/m1/s1. The van der Waals surface area contributed by atoms with E-state index in [9.17, 15) is 10.2 Å². The lowest BCUT2D eigenvalue weighted by Gasteiger charge is -2.41. The van der Waals surface area contributed by atoms with Crippen LogP contribution < -0.4 is 0 Å². The number of rotatable bonds is 0. The van der Waals surface area contributed by atoms with Gasteiger partial charge in [-0.15, -0.1) is 0 Å². The Balaban J connectivity index is 2.08. The van der Waals surface area contributed by atoms with Crippen LogP contribution in [0.1, 0.15) is 26.2 Å². The van der Waals surface area contributed by atoms with Gasteiger partial charge in [0.1, 0.15) is 6.10 Å². The quantitative estimate of drug-likeness (QED) is 0.583. The highest BCUT2D eigenvalue weighted by Gasteiger charge is 2.44. The lowest BCUT2D eigenvalue weighted by atomic mass is 9.81. The minimum absolute atomic E-state index is 0.156.